The van der Waals surface area contributed by atoms with E-state index in [1.807, 2.05) is 11.7 Å². The molecule has 0 spiro atoms. The third kappa shape index (κ3) is 4.06. The number of halogens is 1. The maximum absolute atomic E-state index is 4.53. The van der Waals surface area contributed by atoms with Crippen molar-refractivity contribution in [2.24, 2.45) is 13.0 Å². The topological polar surface area (TPSA) is 29.9 Å². The average molecular weight is 328 g/mol. The van der Waals surface area contributed by atoms with Crippen molar-refractivity contribution < 1.29 is 0 Å². The van der Waals surface area contributed by atoms with Crippen LogP contribution in [0.2, 0.25) is 0 Å². The monoisotopic (exact) mass is 327 g/mol. The molecule has 0 unspecified atom stereocenters. The molecular formula is C15H26BrN3. The van der Waals surface area contributed by atoms with Crippen molar-refractivity contribution >= 4 is 15.9 Å². The van der Waals surface area contributed by atoms with Crippen LogP contribution >= 0.6 is 15.9 Å². The number of hydrogen-bond donors (Lipinski definition) is 1. The molecule has 1 aromatic rings. The van der Waals surface area contributed by atoms with Gasteiger partial charge in [0, 0.05) is 13.6 Å². The van der Waals surface area contributed by atoms with E-state index in [1.54, 1.807) is 0 Å². The van der Waals surface area contributed by atoms with Crippen molar-refractivity contribution in [3.05, 3.63) is 15.9 Å². The zero-order valence-electron chi connectivity index (χ0n) is 12.2. The highest BCUT2D eigenvalue weighted by atomic mass is 79.9. The number of nitrogens with one attached hydrogen (secondary N) is 1. The molecule has 1 aliphatic rings. The Morgan fingerprint density at radius 1 is 1.32 bits per heavy atom. The summed E-state index contributed by atoms with van der Waals surface area (Å²) in [5.74, 6) is 0.961. The zero-order valence-corrected chi connectivity index (χ0v) is 13.8. The predicted octanol–water partition coefficient (Wildman–Crippen LogP) is 3.81. The van der Waals surface area contributed by atoms with E-state index in [4.69, 9.17) is 0 Å². The molecule has 1 aliphatic carbocycles. The molecule has 1 heterocycles. The highest BCUT2D eigenvalue weighted by molar-refractivity contribution is 9.10. The van der Waals surface area contributed by atoms with Crippen LogP contribution in [-0.2, 0) is 20.0 Å². The lowest BCUT2D eigenvalue weighted by atomic mass is 9.87. The smallest absolute Gasteiger partial charge is 0.0767 e. The Hall–Kier alpha value is -0.350. The summed E-state index contributed by atoms with van der Waals surface area (Å²) in [5.41, 5.74) is 2.42. The minimum atomic E-state index is 0.913. The summed E-state index contributed by atoms with van der Waals surface area (Å²) in [6, 6.07) is 0. The van der Waals surface area contributed by atoms with Gasteiger partial charge >= 0.3 is 0 Å². The molecule has 1 saturated carbocycles. The largest absolute Gasteiger partial charge is 0.311 e. The second-order valence-electron chi connectivity index (χ2n) is 5.65. The van der Waals surface area contributed by atoms with Gasteiger partial charge in [-0.1, -0.05) is 39.0 Å². The first kappa shape index (κ1) is 15.0. The lowest BCUT2D eigenvalue weighted by molar-refractivity contribution is 0.333. The Morgan fingerprint density at radius 2 is 2.05 bits per heavy atom. The molecule has 3 nitrogen and oxygen atoms in total. The van der Waals surface area contributed by atoms with E-state index in [2.05, 4.69) is 33.3 Å². The van der Waals surface area contributed by atoms with Gasteiger partial charge in [0.1, 0.15) is 0 Å². The van der Waals surface area contributed by atoms with E-state index < -0.39 is 0 Å². The van der Waals surface area contributed by atoms with E-state index in [0.717, 1.165) is 31.1 Å². The molecular weight excluding hydrogens is 302 g/mol. The minimum Gasteiger partial charge on any atom is -0.311 e. The van der Waals surface area contributed by atoms with Crippen LogP contribution in [0, 0.1) is 5.92 Å². The fourth-order valence-corrected chi connectivity index (χ4v) is 3.76. The van der Waals surface area contributed by atoms with E-state index in [0.29, 0.717) is 0 Å². The Morgan fingerprint density at radius 3 is 2.68 bits per heavy atom. The van der Waals surface area contributed by atoms with E-state index in [-0.39, 0.29) is 0 Å². The van der Waals surface area contributed by atoms with Crippen molar-refractivity contribution in [1.29, 1.82) is 0 Å². The minimum absolute atomic E-state index is 0.913. The molecule has 0 radical (unpaired) electrons. The van der Waals surface area contributed by atoms with Crippen molar-refractivity contribution in [2.75, 3.05) is 6.54 Å². The Balaban J connectivity index is 1.74. The van der Waals surface area contributed by atoms with Crippen LogP contribution < -0.4 is 5.32 Å². The summed E-state index contributed by atoms with van der Waals surface area (Å²) in [7, 11) is 2.03. The molecule has 4 heteroatoms. The zero-order chi connectivity index (χ0) is 13.7. The Bertz CT molecular complexity index is 394. The number of aryl methyl sites for hydroxylation is 2. The number of rotatable bonds is 6. The summed E-state index contributed by atoms with van der Waals surface area (Å²) < 4.78 is 3.18. The van der Waals surface area contributed by atoms with Gasteiger partial charge in [0.25, 0.3) is 0 Å². The van der Waals surface area contributed by atoms with Crippen LogP contribution in [0.4, 0.5) is 0 Å². The fraction of sp³-hybridized carbons (Fsp3) is 0.800. The quantitative estimate of drug-likeness (QED) is 0.805. The molecule has 0 bridgehead atoms. The first-order chi connectivity index (χ1) is 9.22. The molecule has 1 aromatic heterocycles. The van der Waals surface area contributed by atoms with Crippen LogP contribution in [-0.4, -0.2) is 16.3 Å². The normalized spacial score (nSPS) is 17.0. The van der Waals surface area contributed by atoms with E-state index in [1.165, 1.54) is 48.7 Å². The van der Waals surface area contributed by atoms with Crippen LogP contribution in [0.3, 0.4) is 0 Å². The van der Waals surface area contributed by atoms with Crippen LogP contribution in [0.15, 0.2) is 4.47 Å². The van der Waals surface area contributed by atoms with Crippen LogP contribution in [0.1, 0.15) is 56.8 Å². The number of hydrogen-bond acceptors (Lipinski definition) is 2. The van der Waals surface area contributed by atoms with E-state index >= 15 is 0 Å². The maximum atomic E-state index is 4.53. The second-order valence-corrected chi connectivity index (χ2v) is 6.45. The fourth-order valence-electron chi connectivity index (χ4n) is 3.00. The first-order valence-corrected chi connectivity index (χ1v) is 8.42. The molecule has 0 aromatic carbocycles. The Labute approximate surface area is 125 Å². The van der Waals surface area contributed by atoms with Crippen molar-refractivity contribution in [3.8, 4) is 0 Å². The highest BCUT2D eigenvalue weighted by Crippen LogP contribution is 2.26. The summed E-state index contributed by atoms with van der Waals surface area (Å²) in [4.78, 5) is 0. The van der Waals surface area contributed by atoms with E-state index in [9.17, 15) is 0 Å². The van der Waals surface area contributed by atoms with Gasteiger partial charge in [-0.3, -0.25) is 4.68 Å². The van der Waals surface area contributed by atoms with Gasteiger partial charge in [-0.25, -0.2) is 0 Å². The van der Waals surface area contributed by atoms with Crippen molar-refractivity contribution in [3.63, 3.8) is 0 Å². The number of aromatic nitrogens is 2. The van der Waals surface area contributed by atoms with Crippen molar-refractivity contribution in [2.45, 2.75) is 58.4 Å². The predicted molar refractivity (Wildman–Crippen MR) is 83.2 cm³/mol. The first-order valence-electron chi connectivity index (χ1n) is 7.63. The maximum Gasteiger partial charge on any atom is 0.0767 e. The van der Waals surface area contributed by atoms with Gasteiger partial charge in [0.05, 0.1) is 15.9 Å². The molecule has 2 rings (SSSR count). The Kier molecular flexibility index (Phi) is 5.89. The summed E-state index contributed by atoms with van der Waals surface area (Å²) in [6.07, 6.45) is 9.53. The van der Waals surface area contributed by atoms with Crippen molar-refractivity contribution in [1.82, 2.24) is 15.1 Å². The van der Waals surface area contributed by atoms with Gasteiger partial charge < -0.3 is 5.32 Å². The molecule has 19 heavy (non-hydrogen) atoms. The average Bonchev–Trinajstić information content (AvgIpc) is 2.71. The second kappa shape index (κ2) is 7.44. The summed E-state index contributed by atoms with van der Waals surface area (Å²) in [6.45, 7) is 4.19. The van der Waals surface area contributed by atoms with Gasteiger partial charge in [-0.05, 0) is 41.2 Å². The molecule has 0 atom stereocenters. The van der Waals surface area contributed by atoms with Crippen LogP contribution in [0.5, 0.6) is 0 Å². The molecule has 1 N–H and O–H groups in total. The van der Waals surface area contributed by atoms with Gasteiger partial charge in [0.15, 0.2) is 0 Å². The summed E-state index contributed by atoms with van der Waals surface area (Å²) >= 11 is 3.67. The SMILES string of the molecule is CCc1nn(C)c(CNCCC2CCCCC2)c1Br. The van der Waals surface area contributed by atoms with Crippen LogP contribution in [0.25, 0.3) is 0 Å². The molecule has 0 amide bonds. The molecule has 1 fully saturated rings. The molecule has 0 aliphatic heterocycles. The highest BCUT2D eigenvalue weighted by Gasteiger charge is 2.14. The van der Waals surface area contributed by atoms with Gasteiger partial charge in [-0.15, -0.1) is 0 Å². The standard InChI is InChI=1S/C15H26BrN3/c1-3-13-15(16)14(19(2)18-13)11-17-10-9-12-7-5-4-6-8-12/h12,17H,3-11H2,1-2H3. The number of nitrogens with zero attached hydrogens (tertiary/aromatic N) is 2. The van der Waals surface area contributed by atoms with Gasteiger partial charge in [0.2, 0.25) is 0 Å². The molecule has 0 saturated heterocycles. The molecule has 108 valence electrons. The summed E-state index contributed by atoms with van der Waals surface area (Å²) in [5, 5.41) is 8.10. The van der Waals surface area contributed by atoms with Gasteiger partial charge in [-0.2, -0.15) is 5.10 Å². The lowest BCUT2D eigenvalue weighted by Crippen LogP contribution is -2.20. The lowest BCUT2D eigenvalue weighted by Gasteiger charge is -2.21. The third-order valence-corrected chi connectivity index (χ3v) is 5.16. The third-order valence-electron chi connectivity index (χ3n) is 4.25.